The Hall–Kier alpha value is -2.65. The van der Waals surface area contributed by atoms with E-state index in [4.69, 9.17) is 10.8 Å². The summed E-state index contributed by atoms with van der Waals surface area (Å²) < 4.78 is 0. The first-order valence-corrected chi connectivity index (χ1v) is 5.27. The molecular formula is C9H14N6O4. The molecule has 0 spiro atoms. The molecule has 0 aliphatic rings. The smallest absolute Gasteiger partial charge is 0.326 e. The van der Waals surface area contributed by atoms with Crippen molar-refractivity contribution in [3.63, 3.8) is 0 Å². The molecule has 0 aliphatic carbocycles. The van der Waals surface area contributed by atoms with Crippen molar-refractivity contribution in [3.05, 3.63) is 12.2 Å². The van der Waals surface area contributed by atoms with Crippen LogP contribution in [0.1, 0.15) is 12.2 Å². The van der Waals surface area contributed by atoms with E-state index in [-0.39, 0.29) is 6.54 Å². The van der Waals surface area contributed by atoms with Crippen LogP contribution >= 0.6 is 0 Å². The van der Waals surface area contributed by atoms with E-state index in [1.165, 1.54) is 18.3 Å². The third kappa shape index (κ3) is 4.61. The van der Waals surface area contributed by atoms with Crippen LogP contribution in [-0.4, -0.2) is 56.2 Å². The number of carboxylic acid groups (broad SMARTS) is 1. The number of amides is 3. The van der Waals surface area contributed by atoms with Gasteiger partial charge in [0.25, 0.3) is 0 Å². The minimum Gasteiger partial charge on any atom is -0.480 e. The summed E-state index contributed by atoms with van der Waals surface area (Å²) in [6.45, 7) is 0.120. The van der Waals surface area contributed by atoms with Crippen LogP contribution in [0.5, 0.6) is 0 Å². The number of aromatic nitrogens is 3. The molecule has 10 heteroatoms. The highest BCUT2D eigenvalue weighted by Gasteiger charge is 2.23. The number of rotatable bonds is 6. The summed E-state index contributed by atoms with van der Waals surface area (Å²) >= 11 is 0. The highest BCUT2D eigenvalue weighted by atomic mass is 16.4. The second-order valence-corrected chi connectivity index (χ2v) is 3.80. The van der Waals surface area contributed by atoms with Crippen molar-refractivity contribution in [3.8, 4) is 0 Å². The van der Waals surface area contributed by atoms with Crippen molar-refractivity contribution in [1.29, 1.82) is 0 Å². The van der Waals surface area contributed by atoms with Gasteiger partial charge in [-0.3, -0.25) is 9.89 Å². The highest BCUT2D eigenvalue weighted by molar-refractivity contribution is 5.87. The van der Waals surface area contributed by atoms with Crippen LogP contribution in [-0.2, 0) is 16.1 Å². The molecule has 5 N–H and O–H groups in total. The lowest BCUT2D eigenvalue weighted by Crippen LogP contribution is -2.48. The van der Waals surface area contributed by atoms with Gasteiger partial charge in [-0.1, -0.05) is 0 Å². The van der Waals surface area contributed by atoms with Crippen molar-refractivity contribution in [2.45, 2.75) is 19.0 Å². The zero-order valence-electron chi connectivity index (χ0n) is 10.2. The largest absolute Gasteiger partial charge is 0.480 e. The Morgan fingerprint density at radius 3 is 2.74 bits per heavy atom. The van der Waals surface area contributed by atoms with Crippen LogP contribution in [0.3, 0.4) is 0 Å². The lowest BCUT2D eigenvalue weighted by molar-refractivity contribution is -0.140. The van der Waals surface area contributed by atoms with Crippen molar-refractivity contribution in [1.82, 2.24) is 25.4 Å². The highest BCUT2D eigenvalue weighted by Crippen LogP contribution is 1.98. The van der Waals surface area contributed by atoms with Crippen LogP contribution in [0.4, 0.5) is 4.79 Å². The number of nitrogens with two attached hydrogens (primary N) is 1. The summed E-state index contributed by atoms with van der Waals surface area (Å²) in [5, 5.41) is 17.2. The second kappa shape index (κ2) is 6.33. The van der Waals surface area contributed by atoms with Gasteiger partial charge in [-0.05, 0) is 0 Å². The standard InChI is InChI=1S/C9H14N6O4/c1-15(3-7-11-4-12-14-7)9(19)13-5(8(17)18)2-6(10)16/h4-5H,2-3H2,1H3,(H2,10,16)(H,13,19)(H,17,18)(H,11,12,14)/t5-/m1/s1. The molecule has 0 aromatic carbocycles. The summed E-state index contributed by atoms with van der Waals surface area (Å²) in [5.41, 5.74) is 4.90. The molecule has 1 aromatic rings. The summed E-state index contributed by atoms with van der Waals surface area (Å²) in [7, 11) is 1.45. The minimum atomic E-state index is -1.36. The number of urea groups is 1. The lowest BCUT2D eigenvalue weighted by atomic mass is 10.2. The van der Waals surface area contributed by atoms with Gasteiger partial charge in [-0.15, -0.1) is 0 Å². The summed E-state index contributed by atoms with van der Waals surface area (Å²) in [4.78, 5) is 38.3. The molecule has 1 atom stereocenters. The number of aliphatic carboxylic acids is 1. The first kappa shape index (κ1) is 14.4. The number of carbonyl (C=O) groups is 3. The van der Waals surface area contributed by atoms with Crippen LogP contribution in [0.15, 0.2) is 6.33 Å². The summed E-state index contributed by atoms with van der Waals surface area (Å²) in [6, 6.07) is -2.02. The number of hydrogen-bond donors (Lipinski definition) is 4. The Labute approximate surface area is 108 Å². The van der Waals surface area contributed by atoms with Crippen LogP contribution in [0, 0.1) is 0 Å². The van der Waals surface area contributed by atoms with E-state index < -0.39 is 30.4 Å². The maximum absolute atomic E-state index is 11.7. The lowest BCUT2D eigenvalue weighted by Gasteiger charge is -2.19. The van der Waals surface area contributed by atoms with Crippen LogP contribution < -0.4 is 11.1 Å². The zero-order valence-corrected chi connectivity index (χ0v) is 10.2. The van der Waals surface area contributed by atoms with Crippen LogP contribution in [0.2, 0.25) is 0 Å². The van der Waals surface area contributed by atoms with Gasteiger partial charge < -0.3 is 21.1 Å². The van der Waals surface area contributed by atoms with Crippen molar-refractivity contribution in [2.24, 2.45) is 5.73 Å². The van der Waals surface area contributed by atoms with Crippen LogP contribution in [0.25, 0.3) is 0 Å². The first-order valence-electron chi connectivity index (χ1n) is 5.27. The van der Waals surface area contributed by atoms with Gasteiger partial charge in [0, 0.05) is 7.05 Å². The average Bonchev–Trinajstić information content (AvgIpc) is 2.79. The number of primary amides is 1. The van der Waals surface area contributed by atoms with Crippen molar-refractivity contribution < 1.29 is 19.5 Å². The quantitative estimate of drug-likeness (QED) is 0.481. The SMILES string of the molecule is CN(Cc1ncn[nH]1)C(=O)N[C@H](CC(N)=O)C(=O)O. The number of nitrogens with zero attached hydrogens (tertiary/aromatic N) is 3. The third-order valence-electron chi connectivity index (χ3n) is 2.20. The van der Waals surface area contributed by atoms with E-state index in [9.17, 15) is 14.4 Å². The molecule has 0 saturated heterocycles. The second-order valence-electron chi connectivity index (χ2n) is 3.80. The van der Waals surface area contributed by atoms with E-state index in [1.54, 1.807) is 0 Å². The molecule has 1 heterocycles. The summed E-state index contributed by atoms with van der Waals surface area (Å²) in [6.07, 6.45) is 0.811. The van der Waals surface area contributed by atoms with Crippen molar-refractivity contribution in [2.75, 3.05) is 7.05 Å². The molecule has 0 unspecified atom stereocenters. The molecule has 0 bridgehead atoms. The monoisotopic (exact) mass is 270 g/mol. The van der Waals surface area contributed by atoms with E-state index in [0.717, 1.165) is 0 Å². The number of carboxylic acids is 1. The minimum absolute atomic E-state index is 0.120. The van der Waals surface area contributed by atoms with Gasteiger partial charge in [-0.2, -0.15) is 5.10 Å². The molecule has 1 aromatic heterocycles. The number of hydrogen-bond acceptors (Lipinski definition) is 5. The predicted octanol–water partition coefficient (Wildman–Crippen LogP) is -1.73. The molecule has 19 heavy (non-hydrogen) atoms. The maximum Gasteiger partial charge on any atom is 0.326 e. The summed E-state index contributed by atoms with van der Waals surface area (Å²) in [5.74, 6) is -1.70. The normalized spacial score (nSPS) is 11.6. The molecule has 104 valence electrons. The molecule has 3 amide bonds. The Kier molecular flexibility index (Phi) is 4.80. The van der Waals surface area contributed by atoms with E-state index in [2.05, 4.69) is 20.5 Å². The Balaban J connectivity index is 2.56. The third-order valence-corrected chi connectivity index (χ3v) is 2.20. The van der Waals surface area contributed by atoms with Crippen molar-refractivity contribution >= 4 is 17.9 Å². The maximum atomic E-state index is 11.7. The molecule has 0 fully saturated rings. The number of carbonyl (C=O) groups excluding carboxylic acids is 2. The molecular weight excluding hydrogens is 256 g/mol. The molecule has 0 saturated carbocycles. The number of aromatic amines is 1. The Bertz CT molecular complexity index is 459. The first-order chi connectivity index (χ1) is 8.90. The topological polar surface area (TPSA) is 154 Å². The predicted molar refractivity (Wildman–Crippen MR) is 61.6 cm³/mol. The van der Waals surface area contributed by atoms with E-state index >= 15 is 0 Å². The fourth-order valence-electron chi connectivity index (χ4n) is 1.26. The number of H-pyrrole nitrogens is 1. The van der Waals surface area contributed by atoms with Gasteiger partial charge in [0.05, 0.1) is 13.0 Å². The zero-order chi connectivity index (χ0) is 14.4. The van der Waals surface area contributed by atoms with Gasteiger partial charge in [0.1, 0.15) is 18.2 Å². The molecule has 10 nitrogen and oxygen atoms in total. The van der Waals surface area contributed by atoms with E-state index in [0.29, 0.717) is 5.82 Å². The molecule has 0 radical (unpaired) electrons. The Morgan fingerprint density at radius 2 is 2.26 bits per heavy atom. The van der Waals surface area contributed by atoms with Gasteiger partial charge in [0.2, 0.25) is 5.91 Å². The number of nitrogens with one attached hydrogen (secondary N) is 2. The van der Waals surface area contributed by atoms with Gasteiger partial charge in [-0.25, -0.2) is 14.6 Å². The molecule has 1 rings (SSSR count). The fourth-order valence-corrected chi connectivity index (χ4v) is 1.26. The fraction of sp³-hybridized carbons (Fsp3) is 0.444. The van der Waals surface area contributed by atoms with Gasteiger partial charge in [0.15, 0.2) is 0 Å². The van der Waals surface area contributed by atoms with E-state index in [1.807, 2.05) is 0 Å². The molecule has 0 aliphatic heterocycles. The van der Waals surface area contributed by atoms with Gasteiger partial charge >= 0.3 is 12.0 Å². The average molecular weight is 270 g/mol. The Morgan fingerprint density at radius 1 is 1.58 bits per heavy atom.